The fourth-order valence-corrected chi connectivity index (χ4v) is 2.83. The van der Waals surface area contributed by atoms with Crippen molar-refractivity contribution in [3.05, 3.63) is 34.9 Å². The Morgan fingerprint density at radius 2 is 2.15 bits per heavy atom. The highest BCUT2D eigenvalue weighted by Crippen LogP contribution is 2.21. The first-order chi connectivity index (χ1) is 9.74. The summed E-state index contributed by atoms with van der Waals surface area (Å²) in [5.74, 6) is 0.202. The summed E-state index contributed by atoms with van der Waals surface area (Å²) in [5, 5.41) is 3.03. The summed E-state index contributed by atoms with van der Waals surface area (Å²) in [4.78, 5) is 22.5. The van der Waals surface area contributed by atoms with Gasteiger partial charge in [0.05, 0.1) is 10.7 Å². The number of hydrogen-bond donors (Lipinski definition) is 0. The molecule has 20 heavy (non-hydrogen) atoms. The normalized spacial score (nSPS) is 10.5. The van der Waals surface area contributed by atoms with Gasteiger partial charge in [-0.2, -0.15) is 0 Å². The van der Waals surface area contributed by atoms with E-state index >= 15 is 0 Å². The largest absolute Gasteiger partial charge is 0.343 e. The monoisotopic (exact) mass is 289 g/mol. The molecule has 5 heteroatoms. The number of thiazole rings is 1. The van der Waals surface area contributed by atoms with E-state index in [4.69, 9.17) is 0 Å². The maximum Gasteiger partial charge on any atom is 0.222 e. The predicted molar refractivity (Wildman–Crippen MR) is 81.6 cm³/mol. The summed E-state index contributed by atoms with van der Waals surface area (Å²) in [6.07, 6.45) is 4.79. The Morgan fingerprint density at radius 3 is 2.80 bits per heavy atom. The van der Waals surface area contributed by atoms with Gasteiger partial charge in [0.25, 0.3) is 0 Å². The molecule has 0 radical (unpaired) electrons. The third kappa shape index (κ3) is 3.63. The number of amides is 1. The van der Waals surface area contributed by atoms with E-state index < -0.39 is 0 Å². The fourth-order valence-electron chi connectivity index (χ4n) is 2.02. The molecule has 2 aromatic rings. The van der Waals surface area contributed by atoms with E-state index in [9.17, 15) is 4.79 Å². The second-order valence-corrected chi connectivity index (χ2v) is 5.38. The minimum absolute atomic E-state index is 0.202. The molecule has 2 heterocycles. The lowest BCUT2D eigenvalue weighted by Gasteiger charge is -2.17. The lowest BCUT2D eigenvalue weighted by Crippen LogP contribution is -2.30. The van der Waals surface area contributed by atoms with Gasteiger partial charge in [0.15, 0.2) is 0 Å². The SMILES string of the molecule is CCN(CC)C(=O)CCc1nc(-c2cccnc2)cs1. The second kappa shape index (κ2) is 7.14. The van der Waals surface area contributed by atoms with Gasteiger partial charge in [0.1, 0.15) is 0 Å². The van der Waals surface area contributed by atoms with Crippen molar-refractivity contribution in [3.8, 4) is 11.3 Å². The number of pyridine rings is 1. The van der Waals surface area contributed by atoms with Crippen LogP contribution in [-0.4, -0.2) is 33.9 Å². The van der Waals surface area contributed by atoms with Crippen molar-refractivity contribution in [1.29, 1.82) is 0 Å². The molecular weight excluding hydrogens is 270 g/mol. The molecule has 2 rings (SSSR count). The van der Waals surface area contributed by atoms with Crippen LogP contribution in [0.1, 0.15) is 25.3 Å². The van der Waals surface area contributed by atoms with Crippen molar-refractivity contribution in [2.24, 2.45) is 0 Å². The molecular formula is C15H19N3OS. The Kier molecular flexibility index (Phi) is 5.24. The highest BCUT2D eigenvalue weighted by atomic mass is 32.1. The first-order valence-corrected chi connectivity index (χ1v) is 7.75. The van der Waals surface area contributed by atoms with Crippen LogP contribution in [0.15, 0.2) is 29.9 Å². The van der Waals surface area contributed by atoms with Crippen LogP contribution in [-0.2, 0) is 11.2 Å². The highest BCUT2D eigenvalue weighted by Gasteiger charge is 2.11. The smallest absolute Gasteiger partial charge is 0.222 e. The Morgan fingerprint density at radius 1 is 1.35 bits per heavy atom. The van der Waals surface area contributed by atoms with Gasteiger partial charge in [0.2, 0.25) is 5.91 Å². The number of aromatic nitrogens is 2. The maximum atomic E-state index is 11.9. The number of carbonyl (C=O) groups excluding carboxylic acids is 1. The van der Waals surface area contributed by atoms with E-state index in [1.807, 2.05) is 36.3 Å². The maximum absolute atomic E-state index is 11.9. The van der Waals surface area contributed by atoms with Crippen LogP contribution in [0.5, 0.6) is 0 Å². The quantitative estimate of drug-likeness (QED) is 0.821. The van der Waals surface area contributed by atoms with Gasteiger partial charge in [-0.1, -0.05) is 0 Å². The molecule has 0 aliphatic heterocycles. The average molecular weight is 289 g/mol. The zero-order valence-electron chi connectivity index (χ0n) is 11.9. The Hall–Kier alpha value is -1.75. The number of carbonyl (C=O) groups is 1. The van der Waals surface area contributed by atoms with Gasteiger partial charge < -0.3 is 4.90 Å². The summed E-state index contributed by atoms with van der Waals surface area (Å²) in [6.45, 7) is 5.55. The molecule has 0 saturated carbocycles. The number of nitrogens with zero attached hydrogens (tertiary/aromatic N) is 3. The Labute approximate surface area is 123 Å². The summed E-state index contributed by atoms with van der Waals surface area (Å²) < 4.78 is 0. The molecule has 0 aliphatic rings. The van der Waals surface area contributed by atoms with Gasteiger partial charge in [-0.25, -0.2) is 4.98 Å². The van der Waals surface area contributed by atoms with Crippen molar-refractivity contribution >= 4 is 17.2 Å². The minimum Gasteiger partial charge on any atom is -0.343 e. The molecule has 0 aromatic carbocycles. The van der Waals surface area contributed by atoms with Crippen LogP contribution in [0.25, 0.3) is 11.3 Å². The van der Waals surface area contributed by atoms with Crippen LogP contribution in [0, 0.1) is 0 Å². The third-order valence-corrected chi connectivity index (χ3v) is 4.09. The molecule has 106 valence electrons. The predicted octanol–water partition coefficient (Wildman–Crippen LogP) is 3.01. The van der Waals surface area contributed by atoms with Crippen LogP contribution in [0.3, 0.4) is 0 Å². The van der Waals surface area contributed by atoms with E-state index in [2.05, 4.69) is 9.97 Å². The molecule has 0 fully saturated rings. The summed E-state index contributed by atoms with van der Waals surface area (Å²) in [6, 6.07) is 3.89. The molecule has 0 saturated heterocycles. The van der Waals surface area contributed by atoms with E-state index in [1.54, 1.807) is 23.7 Å². The van der Waals surface area contributed by atoms with Crippen molar-refractivity contribution < 1.29 is 4.79 Å². The minimum atomic E-state index is 0.202. The van der Waals surface area contributed by atoms with E-state index in [0.29, 0.717) is 12.8 Å². The first kappa shape index (κ1) is 14.7. The number of rotatable bonds is 6. The lowest BCUT2D eigenvalue weighted by atomic mass is 10.2. The Balaban J connectivity index is 1.95. The molecule has 0 unspecified atom stereocenters. The van der Waals surface area contributed by atoms with Crippen LogP contribution in [0.4, 0.5) is 0 Å². The van der Waals surface area contributed by atoms with Crippen molar-refractivity contribution in [3.63, 3.8) is 0 Å². The van der Waals surface area contributed by atoms with E-state index in [0.717, 1.165) is 29.4 Å². The second-order valence-electron chi connectivity index (χ2n) is 4.43. The van der Waals surface area contributed by atoms with Gasteiger partial charge in [-0.05, 0) is 26.0 Å². The third-order valence-electron chi connectivity index (χ3n) is 3.18. The average Bonchev–Trinajstić information content (AvgIpc) is 2.96. The Bertz CT molecular complexity index is 549. The van der Waals surface area contributed by atoms with Crippen LogP contribution >= 0.6 is 11.3 Å². The topological polar surface area (TPSA) is 46.1 Å². The van der Waals surface area contributed by atoms with Crippen molar-refractivity contribution in [1.82, 2.24) is 14.9 Å². The van der Waals surface area contributed by atoms with Gasteiger partial charge in [-0.15, -0.1) is 11.3 Å². The standard InChI is InChI=1S/C15H19N3OS/c1-3-18(4-2)15(19)8-7-14-17-13(11-20-14)12-6-5-9-16-10-12/h5-6,9-11H,3-4,7-8H2,1-2H3. The number of hydrogen-bond acceptors (Lipinski definition) is 4. The zero-order valence-corrected chi connectivity index (χ0v) is 12.7. The lowest BCUT2D eigenvalue weighted by molar-refractivity contribution is -0.130. The summed E-state index contributed by atoms with van der Waals surface area (Å²) in [7, 11) is 0. The number of aryl methyl sites for hydroxylation is 1. The molecule has 1 amide bonds. The molecule has 0 spiro atoms. The molecule has 0 aliphatic carbocycles. The van der Waals surface area contributed by atoms with Crippen LogP contribution in [0.2, 0.25) is 0 Å². The van der Waals surface area contributed by atoms with E-state index in [1.165, 1.54) is 0 Å². The first-order valence-electron chi connectivity index (χ1n) is 6.87. The van der Waals surface area contributed by atoms with Gasteiger partial charge in [0, 0.05) is 49.3 Å². The van der Waals surface area contributed by atoms with Crippen molar-refractivity contribution in [2.75, 3.05) is 13.1 Å². The molecule has 0 atom stereocenters. The molecule has 0 N–H and O–H groups in total. The van der Waals surface area contributed by atoms with Crippen LogP contribution < -0.4 is 0 Å². The zero-order chi connectivity index (χ0) is 14.4. The molecule has 2 aromatic heterocycles. The van der Waals surface area contributed by atoms with Gasteiger partial charge >= 0.3 is 0 Å². The van der Waals surface area contributed by atoms with Gasteiger partial charge in [-0.3, -0.25) is 9.78 Å². The summed E-state index contributed by atoms with van der Waals surface area (Å²) in [5.41, 5.74) is 1.96. The fraction of sp³-hybridized carbons (Fsp3) is 0.400. The molecule has 0 bridgehead atoms. The van der Waals surface area contributed by atoms with Crippen molar-refractivity contribution in [2.45, 2.75) is 26.7 Å². The molecule has 4 nitrogen and oxygen atoms in total. The van der Waals surface area contributed by atoms with E-state index in [-0.39, 0.29) is 5.91 Å². The highest BCUT2D eigenvalue weighted by molar-refractivity contribution is 7.09. The summed E-state index contributed by atoms with van der Waals surface area (Å²) >= 11 is 1.60.